The lowest BCUT2D eigenvalue weighted by Crippen LogP contribution is -1.83. The average molecular weight is 196 g/mol. The third-order valence-electron chi connectivity index (χ3n) is 2.96. The summed E-state index contributed by atoms with van der Waals surface area (Å²) in [6.45, 7) is 4.57. The van der Waals surface area contributed by atoms with Gasteiger partial charge in [-0.3, -0.25) is 0 Å². The topological polar surface area (TPSA) is 0 Å². The third kappa shape index (κ3) is 12.1. The van der Waals surface area contributed by atoms with Crippen molar-refractivity contribution in [2.45, 2.75) is 84.3 Å². The van der Waals surface area contributed by atoms with Crippen molar-refractivity contribution in [1.29, 1.82) is 0 Å². The average Bonchev–Trinajstić information content (AvgIpc) is 2.21. The standard InChI is InChI=1S/C13H29B/c1-3-4-5-6-7-8-9-10-11-12-13-14-2/h14H,3-13H2,1-2H3. The Bertz CT molecular complexity index is 79.2. The third-order valence-corrected chi connectivity index (χ3v) is 2.96. The highest BCUT2D eigenvalue weighted by atomic mass is 14.0. The molecule has 0 spiro atoms. The predicted molar refractivity (Wildman–Crippen MR) is 69.7 cm³/mol. The van der Waals surface area contributed by atoms with Gasteiger partial charge < -0.3 is 0 Å². The second-order valence-electron chi connectivity index (χ2n) is 4.54. The van der Waals surface area contributed by atoms with Gasteiger partial charge in [-0.2, -0.15) is 0 Å². The summed E-state index contributed by atoms with van der Waals surface area (Å²) < 4.78 is 0. The van der Waals surface area contributed by atoms with Crippen LogP contribution in [0.3, 0.4) is 0 Å². The molecule has 0 nitrogen and oxygen atoms in total. The van der Waals surface area contributed by atoms with E-state index in [4.69, 9.17) is 0 Å². The number of hydrogen-bond donors (Lipinski definition) is 0. The van der Waals surface area contributed by atoms with E-state index in [0.717, 1.165) is 0 Å². The van der Waals surface area contributed by atoms with Crippen molar-refractivity contribution in [3.63, 3.8) is 0 Å². The highest BCUT2D eigenvalue weighted by Gasteiger charge is 1.91. The molecule has 0 radical (unpaired) electrons. The Morgan fingerprint density at radius 3 is 1.50 bits per heavy atom. The Morgan fingerprint density at radius 2 is 1.07 bits per heavy atom. The minimum absolute atomic E-state index is 1.37. The summed E-state index contributed by atoms with van der Waals surface area (Å²) in [4.78, 5) is 0. The summed E-state index contributed by atoms with van der Waals surface area (Å²) in [5.74, 6) is 0. The Morgan fingerprint density at radius 1 is 0.643 bits per heavy atom. The molecule has 0 rings (SSSR count). The monoisotopic (exact) mass is 196 g/mol. The van der Waals surface area contributed by atoms with Crippen LogP contribution >= 0.6 is 0 Å². The molecule has 0 saturated carbocycles. The second kappa shape index (κ2) is 13.1. The molecule has 0 saturated heterocycles. The Labute approximate surface area is 92.1 Å². The largest absolute Gasteiger partial charge is 0.117 e. The molecule has 0 fully saturated rings. The summed E-state index contributed by atoms with van der Waals surface area (Å²) in [5.41, 5.74) is 0. The van der Waals surface area contributed by atoms with Gasteiger partial charge in [-0.25, -0.2) is 0 Å². The van der Waals surface area contributed by atoms with E-state index >= 15 is 0 Å². The van der Waals surface area contributed by atoms with Gasteiger partial charge in [0.15, 0.2) is 0 Å². The highest BCUT2D eigenvalue weighted by Crippen LogP contribution is 2.10. The second-order valence-corrected chi connectivity index (χ2v) is 4.54. The Kier molecular flexibility index (Phi) is 13.1. The van der Waals surface area contributed by atoms with Gasteiger partial charge in [0.25, 0.3) is 0 Å². The van der Waals surface area contributed by atoms with Gasteiger partial charge in [-0.1, -0.05) is 84.3 Å². The van der Waals surface area contributed by atoms with E-state index in [9.17, 15) is 0 Å². The lowest BCUT2D eigenvalue weighted by atomic mass is 9.76. The van der Waals surface area contributed by atoms with Crippen LogP contribution in [0.25, 0.3) is 0 Å². The lowest BCUT2D eigenvalue weighted by Gasteiger charge is -2.01. The zero-order chi connectivity index (χ0) is 10.5. The first-order valence-corrected chi connectivity index (χ1v) is 6.91. The maximum atomic E-state index is 2.29. The molecular formula is C13H29B. The number of unbranched alkanes of at least 4 members (excludes halogenated alkanes) is 9. The quantitative estimate of drug-likeness (QED) is 0.328. The van der Waals surface area contributed by atoms with Crippen LogP contribution in [-0.2, 0) is 0 Å². The maximum absolute atomic E-state index is 2.29. The van der Waals surface area contributed by atoms with Crippen molar-refractivity contribution in [3.8, 4) is 0 Å². The highest BCUT2D eigenvalue weighted by molar-refractivity contribution is 6.33. The molecular weight excluding hydrogens is 167 g/mol. The molecule has 0 bridgehead atoms. The van der Waals surface area contributed by atoms with Gasteiger partial charge in [0, 0.05) is 0 Å². The number of rotatable bonds is 11. The van der Waals surface area contributed by atoms with Crippen molar-refractivity contribution in [3.05, 3.63) is 0 Å². The van der Waals surface area contributed by atoms with Crippen molar-refractivity contribution in [2.75, 3.05) is 0 Å². The lowest BCUT2D eigenvalue weighted by molar-refractivity contribution is 0.562. The molecule has 0 atom stereocenters. The zero-order valence-electron chi connectivity index (χ0n) is 10.5. The van der Waals surface area contributed by atoms with Crippen molar-refractivity contribution in [1.82, 2.24) is 0 Å². The van der Waals surface area contributed by atoms with Gasteiger partial charge >= 0.3 is 0 Å². The fraction of sp³-hybridized carbons (Fsp3) is 1.00. The molecule has 0 aliphatic carbocycles. The first-order valence-electron chi connectivity index (χ1n) is 6.91. The van der Waals surface area contributed by atoms with Crippen LogP contribution in [0.4, 0.5) is 0 Å². The molecule has 14 heavy (non-hydrogen) atoms. The summed E-state index contributed by atoms with van der Waals surface area (Å²) in [5, 5.41) is 0. The van der Waals surface area contributed by atoms with Gasteiger partial charge in [-0.05, 0) is 0 Å². The SMILES string of the molecule is CBCCCCCCCCCCCC. The van der Waals surface area contributed by atoms with E-state index < -0.39 is 0 Å². The molecule has 84 valence electrons. The van der Waals surface area contributed by atoms with Crippen LogP contribution in [0.5, 0.6) is 0 Å². The van der Waals surface area contributed by atoms with Gasteiger partial charge in [-0.15, -0.1) is 0 Å². The van der Waals surface area contributed by atoms with E-state index in [1.807, 2.05) is 0 Å². The molecule has 0 aromatic rings. The summed E-state index contributed by atoms with van der Waals surface area (Å²) in [6, 6.07) is 0. The minimum atomic E-state index is 1.37. The van der Waals surface area contributed by atoms with Crippen LogP contribution < -0.4 is 0 Å². The van der Waals surface area contributed by atoms with Crippen molar-refractivity contribution in [2.24, 2.45) is 0 Å². The Hall–Kier alpha value is 0.0649. The van der Waals surface area contributed by atoms with Crippen LogP contribution in [0.1, 0.15) is 71.1 Å². The molecule has 0 heterocycles. The van der Waals surface area contributed by atoms with Crippen LogP contribution in [0, 0.1) is 0 Å². The number of hydrogen-bond acceptors (Lipinski definition) is 0. The van der Waals surface area contributed by atoms with Gasteiger partial charge in [0.1, 0.15) is 7.28 Å². The minimum Gasteiger partial charge on any atom is -0.0893 e. The van der Waals surface area contributed by atoms with Gasteiger partial charge in [0.2, 0.25) is 0 Å². The first-order chi connectivity index (χ1) is 6.91. The molecule has 1 heteroatoms. The summed E-state index contributed by atoms with van der Waals surface area (Å²) in [6.07, 6.45) is 16.1. The van der Waals surface area contributed by atoms with Gasteiger partial charge in [0.05, 0.1) is 0 Å². The zero-order valence-corrected chi connectivity index (χ0v) is 10.5. The molecule has 0 aromatic carbocycles. The molecule has 0 aromatic heterocycles. The van der Waals surface area contributed by atoms with E-state index in [1.54, 1.807) is 0 Å². The maximum Gasteiger partial charge on any atom is 0.117 e. The van der Waals surface area contributed by atoms with E-state index in [2.05, 4.69) is 13.7 Å². The van der Waals surface area contributed by atoms with E-state index in [0.29, 0.717) is 0 Å². The predicted octanol–water partition coefficient (Wildman–Crippen LogP) is 4.81. The Balaban J connectivity index is 2.78. The summed E-state index contributed by atoms with van der Waals surface area (Å²) in [7, 11) is 1.37. The van der Waals surface area contributed by atoms with Crippen molar-refractivity contribution >= 4 is 7.28 Å². The molecule has 0 aliphatic heterocycles. The van der Waals surface area contributed by atoms with E-state index in [1.165, 1.54) is 77.8 Å². The van der Waals surface area contributed by atoms with Crippen LogP contribution in [0.15, 0.2) is 0 Å². The molecule has 0 amide bonds. The van der Waals surface area contributed by atoms with E-state index in [-0.39, 0.29) is 0 Å². The molecule has 0 unspecified atom stereocenters. The fourth-order valence-electron chi connectivity index (χ4n) is 1.91. The smallest absolute Gasteiger partial charge is 0.0893 e. The molecule has 0 aliphatic rings. The van der Waals surface area contributed by atoms with Crippen LogP contribution in [0.2, 0.25) is 13.1 Å². The first kappa shape index (κ1) is 14.1. The normalized spacial score (nSPS) is 10.4. The summed E-state index contributed by atoms with van der Waals surface area (Å²) >= 11 is 0. The van der Waals surface area contributed by atoms with Crippen molar-refractivity contribution < 1.29 is 0 Å². The molecule has 0 N–H and O–H groups in total. The van der Waals surface area contributed by atoms with Crippen LogP contribution in [-0.4, -0.2) is 7.28 Å². The fourth-order valence-corrected chi connectivity index (χ4v) is 1.91.